The van der Waals surface area contributed by atoms with Gasteiger partial charge < -0.3 is 10.2 Å². The number of aromatic nitrogens is 2. The van der Waals surface area contributed by atoms with Crippen molar-refractivity contribution in [3.8, 4) is 6.07 Å². The van der Waals surface area contributed by atoms with Crippen LogP contribution in [0.2, 0.25) is 0 Å². The van der Waals surface area contributed by atoms with Gasteiger partial charge in [0.2, 0.25) is 5.91 Å². The van der Waals surface area contributed by atoms with E-state index in [1.807, 2.05) is 43.3 Å². The molecule has 9 heteroatoms. The van der Waals surface area contributed by atoms with Crippen molar-refractivity contribution in [3.05, 3.63) is 71.2 Å². The second-order valence-corrected chi connectivity index (χ2v) is 8.11. The molecule has 0 bridgehead atoms. The number of carbonyl (C=O) groups is 2. The van der Waals surface area contributed by atoms with Crippen molar-refractivity contribution >= 4 is 34.9 Å². The minimum atomic E-state index is -3.11. The Balaban J connectivity index is 1.50. The van der Waals surface area contributed by atoms with Gasteiger partial charge in [0.05, 0.1) is 30.2 Å². The molecule has 2 aromatic heterocycles. The molecule has 1 unspecified atom stereocenters. The topological polar surface area (TPSA) is 99.0 Å². The maximum Gasteiger partial charge on any atom is 0.268 e. The fraction of sp³-hybridized carbons (Fsp3) is 0.240. The Labute approximate surface area is 194 Å². The lowest BCUT2D eigenvalue weighted by Gasteiger charge is -2.19. The second-order valence-electron chi connectivity index (χ2n) is 8.11. The van der Waals surface area contributed by atoms with E-state index in [-0.39, 0.29) is 0 Å². The van der Waals surface area contributed by atoms with Crippen LogP contribution in [0.3, 0.4) is 0 Å². The highest BCUT2D eigenvalue weighted by molar-refractivity contribution is 6.07. The molecular weight excluding hydrogens is 440 g/mol. The first-order valence-corrected chi connectivity index (χ1v) is 10.6. The molecule has 1 N–H and O–H groups in total. The van der Waals surface area contributed by atoms with Crippen LogP contribution in [0.4, 0.5) is 8.78 Å². The van der Waals surface area contributed by atoms with Gasteiger partial charge in [-0.1, -0.05) is 24.3 Å². The van der Waals surface area contributed by atoms with Crippen molar-refractivity contribution in [2.45, 2.75) is 25.3 Å². The van der Waals surface area contributed by atoms with Gasteiger partial charge in [-0.2, -0.15) is 5.26 Å². The van der Waals surface area contributed by atoms with Gasteiger partial charge in [-0.05, 0) is 42.3 Å². The molecule has 0 radical (unpaired) electrons. The lowest BCUT2D eigenvalue weighted by atomic mass is 10.0. The molecule has 7 nitrogen and oxygen atoms in total. The average Bonchev–Trinajstić information content (AvgIpc) is 3.16. The molecule has 0 saturated carbocycles. The summed E-state index contributed by atoms with van der Waals surface area (Å²) in [5.41, 5.74) is 3.58. The number of alkyl halides is 2. The van der Waals surface area contributed by atoms with Crippen molar-refractivity contribution in [2.75, 3.05) is 13.1 Å². The first-order valence-electron chi connectivity index (χ1n) is 10.6. The largest absolute Gasteiger partial charge is 0.343 e. The lowest BCUT2D eigenvalue weighted by Crippen LogP contribution is -2.43. The van der Waals surface area contributed by atoms with Crippen molar-refractivity contribution in [2.24, 2.45) is 0 Å². The number of nitriles is 1. The Morgan fingerprint density at radius 1 is 1.21 bits per heavy atom. The summed E-state index contributed by atoms with van der Waals surface area (Å²) >= 11 is 0. The molecule has 34 heavy (non-hydrogen) atoms. The number of halogens is 2. The molecule has 1 saturated heterocycles. The van der Waals surface area contributed by atoms with Gasteiger partial charge in [-0.15, -0.1) is 0 Å². The fourth-order valence-corrected chi connectivity index (χ4v) is 3.78. The van der Waals surface area contributed by atoms with Crippen LogP contribution in [0.5, 0.6) is 0 Å². The zero-order valence-corrected chi connectivity index (χ0v) is 18.3. The molecule has 3 aromatic rings. The van der Waals surface area contributed by atoms with Crippen LogP contribution in [0, 0.1) is 18.3 Å². The molecule has 172 valence electrons. The number of nitrogens with one attached hydrogen (secondary N) is 1. The molecule has 1 aliphatic heterocycles. The smallest absolute Gasteiger partial charge is 0.268 e. The highest BCUT2D eigenvalue weighted by atomic mass is 19.3. The maximum atomic E-state index is 13.6. The Morgan fingerprint density at radius 2 is 1.97 bits per heavy atom. The first-order chi connectivity index (χ1) is 16.3. The summed E-state index contributed by atoms with van der Waals surface area (Å²) in [6, 6.07) is 11.4. The average molecular weight is 461 g/mol. The summed E-state index contributed by atoms with van der Waals surface area (Å²) in [4.78, 5) is 34.6. The molecular formula is C25H21F2N5O2. The quantitative estimate of drug-likeness (QED) is 0.626. The summed E-state index contributed by atoms with van der Waals surface area (Å²) in [6.45, 7) is 0.591. The number of aryl methyl sites for hydroxylation is 1. The summed E-state index contributed by atoms with van der Waals surface area (Å²) < 4.78 is 27.2. The van der Waals surface area contributed by atoms with Crippen molar-refractivity contribution < 1.29 is 18.4 Å². The Bertz CT molecular complexity index is 1320. The van der Waals surface area contributed by atoms with Crippen LogP contribution < -0.4 is 5.32 Å². The van der Waals surface area contributed by atoms with E-state index in [1.54, 1.807) is 18.3 Å². The summed E-state index contributed by atoms with van der Waals surface area (Å²) in [5, 5.41) is 12.1. The summed E-state index contributed by atoms with van der Waals surface area (Å²) in [7, 11) is 0. The Kier molecular flexibility index (Phi) is 6.32. The van der Waals surface area contributed by atoms with Crippen molar-refractivity contribution in [1.82, 2.24) is 20.2 Å². The van der Waals surface area contributed by atoms with Crippen molar-refractivity contribution in [3.63, 3.8) is 0 Å². The third-order valence-electron chi connectivity index (χ3n) is 5.55. The minimum Gasteiger partial charge on any atom is -0.343 e. The van der Waals surface area contributed by atoms with Crippen LogP contribution in [-0.4, -0.2) is 51.7 Å². The number of likely N-dealkylation sites (tertiary alicyclic amines) is 1. The SMILES string of the molecule is Cc1ccc(C=Cc2ccc3nccc(C(=O)NCC(=O)N4CC(F)(F)CC4C#N)c3c2)cn1. The number of hydrogen-bond acceptors (Lipinski definition) is 5. The summed E-state index contributed by atoms with van der Waals surface area (Å²) in [6.07, 6.45) is 6.34. The van der Waals surface area contributed by atoms with Crippen LogP contribution in [-0.2, 0) is 4.79 Å². The van der Waals surface area contributed by atoms with E-state index in [0.29, 0.717) is 16.5 Å². The van der Waals surface area contributed by atoms with E-state index in [1.165, 1.54) is 12.3 Å². The van der Waals surface area contributed by atoms with Crippen LogP contribution in [0.15, 0.2) is 48.8 Å². The second kappa shape index (κ2) is 9.35. The zero-order valence-electron chi connectivity index (χ0n) is 18.3. The molecule has 1 atom stereocenters. The van der Waals surface area contributed by atoms with E-state index < -0.39 is 43.3 Å². The van der Waals surface area contributed by atoms with Gasteiger partial charge in [0.25, 0.3) is 11.8 Å². The zero-order chi connectivity index (χ0) is 24.3. The highest BCUT2D eigenvalue weighted by Gasteiger charge is 2.47. The van der Waals surface area contributed by atoms with Gasteiger partial charge in [0.1, 0.15) is 6.04 Å². The van der Waals surface area contributed by atoms with E-state index in [4.69, 9.17) is 5.26 Å². The molecule has 1 fully saturated rings. The molecule has 1 aromatic carbocycles. The number of nitrogens with zero attached hydrogens (tertiary/aromatic N) is 4. The van der Waals surface area contributed by atoms with Gasteiger partial charge in [-0.25, -0.2) is 8.78 Å². The van der Waals surface area contributed by atoms with Gasteiger partial charge >= 0.3 is 0 Å². The fourth-order valence-electron chi connectivity index (χ4n) is 3.78. The third kappa shape index (κ3) is 5.07. The van der Waals surface area contributed by atoms with E-state index in [9.17, 15) is 18.4 Å². The predicted octanol–water partition coefficient (Wildman–Crippen LogP) is 3.60. The van der Waals surface area contributed by atoms with Gasteiger partial charge in [0, 0.05) is 29.9 Å². The molecule has 3 heterocycles. The first kappa shape index (κ1) is 23.0. The number of benzene rings is 1. The molecule has 0 spiro atoms. The number of fused-ring (bicyclic) bond motifs is 1. The van der Waals surface area contributed by atoms with Crippen LogP contribution >= 0.6 is 0 Å². The molecule has 2 amide bonds. The number of pyridine rings is 2. The van der Waals surface area contributed by atoms with Gasteiger partial charge in [0.15, 0.2) is 0 Å². The lowest BCUT2D eigenvalue weighted by molar-refractivity contribution is -0.131. The van der Waals surface area contributed by atoms with Gasteiger partial charge in [-0.3, -0.25) is 19.6 Å². The number of carbonyl (C=O) groups excluding carboxylic acids is 2. The maximum absolute atomic E-state index is 13.6. The molecule has 1 aliphatic rings. The normalized spacial score (nSPS) is 17.1. The Hall–Kier alpha value is -4.19. The van der Waals surface area contributed by atoms with E-state index >= 15 is 0 Å². The summed E-state index contributed by atoms with van der Waals surface area (Å²) in [5.74, 6) is -4.38. The third-order valence-corrected chi connectivity index (χ3v) is 5.55. The number of hydrogen-bond donors (Lipinski definition) is 1. The predicted molar refractivity (Wildman–Crippen MR) is 123 cm³/mol. The standard InChI is InChI=1S/C25H21F2N5O2/c1-16-2-3-18(13-30-16)5-4-17-6-7-22-21(10-17)20(8-9-29-22)24(34)31-14-23(33)32-15-25(26,27)11-19(32)12-28/h2-10,13,19H,11,14-15H2,1H3,(H,31,34). The minimum absolute atomic E-state index is 0.300. The number of amides is 2. The molecule has 0 aliphatic carbocycles. The Morgan fingerprint density at radius 3 is 2.71 bits per heavy atom. The van der Waals surface area contributed by atoms with Crippen molar-refractivity contribution in [1.29, 1.82) is 5.26 Å². The number of rotatable bonds is 5. The molecule has 4 rings (SSSR count). The van der Waals surface area contributed by atoms with E-state index in [2.05, 4.69) is 15.3 Å². The highest BCUT2D eigenvalue weighted by Crippen LogP contribution is 2.31. The van der Waals surface area contributed by atoms with Crippen LogP contribution in [0.1, 0.15) is 33.6 Å². The van der Waals surface area contributed by atoms with E-state index in [0.717, 1.165) is 21.7 Å². The van der Waals surface area contributed by atoms with Crippen LogP contribution in [0.25, 0.3) is 23.1 Å². The monoisotopic (exact) mass is 461 g/mol.